The topological polar surface area (TPSA) is 76.2 Å². The zero-order valence-electron chi connectivity index (χ0n) is 20.7. The third kappa shape index (κ3) is 6.41. The van der Waals surface area contributed by atoms with Gasteiger partial charge in [0.05, 0.1) is 0 Å². The van der Waals surface area contributed by atoms with Gasteiger partial charge in [0.1, 0.15) is 18.2 Å². The standard InChI is InChI=1S/C28H34N2O5/c1-28(2,3)35-27(33)30-18-22(17-24(30)26(32)34-19-21-8-5-4-6-9-21)16-20-11-13-23(14-12-20)29-15-7-10-25(29)31/h4-6,8-9,11-14,22,24H,7,10,15-19H2,1-3H3/t22-,24+/m0/s1. The second-order valence-electron chi connectivity index (χ2n) is 10.4. The molecule has 2 aromatic rings. The van der Waals surface area contributed by atoms with Gasteiger partial charge in [-0.15, -0.1) is 0 Å². The van der Waals surface area contributed by atoms with E-state index >= 15 is 0 Å². The Morgan fingerprint density at radius 3 is 2.34 bits per heavy atom. The van der Waals surface area contributed by atoms with E-state index in [0.717, 1.165) is 36.2 Å². The summed E-state index contributed by atoms with van der Waals surface area (Å²) >= 11 is 0. The monoisotopic (exact) mass is 478 g/mol. The number of carbonyl (C=O) groups excluding carboxylic acids is 3. The molecule has 0 aromatic heterocycles. The summed E-state index contributed by atoms with van der Waals surface area (Å²) in [5.41, 5.74) is 2.26. The van der Waals surface area contributed by atoms with Crippen molar-refractivity contribution in [3.05, 3.63) is 65.7 Å². The fourth-order valence-electron chi connectivity index (χ4n) is 4.71. The average molecular weight is 479 g/mol. The van der Waals surface area contributed by atoms with Crippen molar-refractivity contribution >= 4 is 23.7 Å². The van der Waals surface area contributed by atoms with Crippen LogP contribution in [0.4, 0.5) is 10.5 Å². The Morgan fingerprint density at radius 1 is 1.00 bits per heavy atom. The molecule has 2 amide bonds. The van der Waals surface area contributed by atoms with Crippen molar-refractivity contribution in [3.63, 3.8) is 0 Å². The van der Waals surface area contributed by atoms with Crippen LogP contribution in [0.1, 0.15) is 51.2 Å². The number of carbonyl (C=O) groups is 3. The maximum absolute atomic E-state index is 13.0. The largest absolute Gasteiger partial charge is 0.459 e. The smallest absolute Gasteiger partial charge is 0.411 e. The van der Waals surface area contributed by atoms with Gasteiger partial charge in [-0.25, -0.2) is 9.59 Å². The lowest BCUT2D eigenvalue weighted by Crippen LogP contribution is -2.44. The Kier molecular flexibility index (Phi) is 7.43. The van der Waals surface area contributed by atoms with E-state index in [9.17, 15) is 14.4 Å². The van der Waals surface area contributed by atoms with Gasteiger partial charge in [0.25, 0.3) is 0 Å². The molecule has 2 aromatic carbocycles. The molecule has 0 bridgehead atoms. The van der Waals surface area contributed by atoms with E-state index < -0.39 is 23.7 Å². The minimum atomic E-state index is -0.681. The first-order valence-electron chi connectivity index (χ1n) is 12.3. The zero-order chi connectivity index (χ0) is 25.0. The molecule has 35 heavy (non-hydrogen) atoms. The minimum absolute atomic E-state index is 0.0936. The van der Waals surface area contributed by atoms with Crippen LogP contribution in [0.15, 0.2) is 54.6 Å². The molecule has 7 nitrogen and oxygen atoms in total. The molecule has 0 spiro atoms. The van der Waals surface area contributed by atoms with Crippen molar-refractivity contribution in [1.29, 1.82) is 0 Å². The third-order valence-corrected chi connectivity index (χ3v) is 6.36. The van der Waals surface area contributed by atoms with E-state index in [4.69, 9.17) is 9.47 Å². The summed E-state index contributed by atoms with van der Waals surface area (Å²) in [6.07, 6.45) is 2.23. The van der Waals surface area contributed by atoms with E-state index in [1.165, 1.54) is 4.90 Å². The molecule has 4 rings (SSSR count). The van der Waals surface area contributed by atoms with Crippen LogP contribution >= 0.6 is 0 Å². The number of hydrogen-bond donors (Lipinski definition) is 0. The second-order valence-corrected chi connectivity index (χ2v) is 10.4. The lowest BCUT2D eigenvalue weighted by molar-refractivity contribution is -0.150. The Balaban J connectivity index is 1.42. The SMILES string of the molecule is CC(C)(C)OC(=O)N1C[C@@H](Cc2ccc(N3CCCC3=O)cc2)C[C@@H]1C(=O)OCc1ccccc1. The molecule has 2 aliphatic heterocycles. The lowest BCUT2D eigenvalue weighted by Gasteiger charge is -2.27. The Bertz CT molecular complexity index is 1050. The van der Waals surface area contributed by atoms with Gasteiger partial charge in [0, 0.05) is 25.2 Å². The van der Waals surface area contributed by atoms with Gasteiger partial charge in [0.15, 0.2) is 0 Å². The Labute approximate surface area is 207 Å². The summed E-state index contributed by atoms with van der Waals surface area (Å²) in [6.45, 7) is 6.79. The van der Waals surface area contributed by atoms with Gasteiger partial charge in [-0.3, -0.25) is 9.69 Å². The fraction of sp³-hybridized carbons (Fsp3) is 0.464. The van der Waals surface area contributed by atoms with Crippen molar-refractivity contribution in [1.82, 2.24) is 4.90 Å². The van der Waals surface area contributed by atoms with E-state index in [2.05, 4.69) is 0 Å². The summed E-state index contributed by atoms with van der Waals surface area (Å²) in [5.74, 6) is -0.153. The highest BCUT2D eigenvalue weighted by atomic mass is 16.6. The van der Waals surface area contributed by atoms with E-state index in [0.29, 0.717) is 19.4 Å². The van der Waals surface area contributed by atoms with Gasteiger partial charge in [-0.05, 0) is 69.2 Å². The predicted octanol–water partition coefficient (Wildman–Crippen LogP) is 4.72. The molecule has 0 saturated carbocycles. The highest BCUT2D eigenvalue weighted by molar-refractivity contribution is 5.95. The summed E-state index contributed by atoms with van der Waals surface area (Å²) in [4.78, 5) is 41.3. The molecule has 0 aliphatic carbocycles. The van der Waals surface area contributed by atoms with Gasteiger partial charge < -0.3 is 14.4 Å². The number of nitrogens with zero attached hydrogens (tertiary/aromatic N) is 2. The van der Waals surface area contributed by atoms with Gasteiger partial charge in [-0.1, -0.05) is 42.5 Å². The molecule has 2 aliphatic rings. The number of hydrogen-bond acceptors (Lipinski definition) is 5. The molecule has 0 radical (unpaired) electrons. The highest BCUT2D eigenvalue weighted by Gasteiger charge is 2.42. The average Bonchev–Trinajstić information content (AvgIpc) is 3.44. The number of amides is 2. The summed E-state index contributed by atoms with van der Waals surface area (Å²) in [6, 6.07) is 16.8. The van der Waals surface area contributed by atoms with Crippen molar-refractivity contribution in [2.75, 3.05) is 18.0 Å². The molecule has 0 N–H and O–H groups in total. The minimum Gasteiger partial charge on any atom is -0.459 e. The number of esters is 1. The molecule has 186 valence electrons. The molecular weight excluding hydrogens is 444 g/mol. The maximum Gasteiger partial charge on any atom is 0.411 e. The first-order valence-corrected chi connectivity index (χ1v) is 12.3. The van der Waals surface area contributed by atoms with Crippen LogP contribution in [0.2, 0.25) is 0 Å². The lowest BCUT2D eigenvalue weighted by atomic mass is 9.96. The molecular formula is C28H34N2O5. The first-order chi connectivity index (χ1) is 16.7. The number of ether oxygens (including phenoxy) is 2. The molecule has 2 saturated heterocycles. The summed E-state index contributed by atoms with van der Waals surface area (Å²) in [5, 5.41) is 0. The highest BCUT2D eigenvalue weighted by Crippen LogP contribution is 2.30. The summed E-state index contributed by atoms with van der Waals surface area (Å²) < 4.78 is 11.2. The predicted molar refractivity (Wildman–Crippen MR) is 133 cm³/mol. The van der Waals surface area contributed by atoms with Crippen LogP contribution in [0.25, 0.3) is 0 Å². The van der Waals surface area contributed by atoms with Crippen LogP contribution in [-0.4, -0.2) is 47.6 Å². The van der Waals surface area contributed by atoms with Crippen LogP contribution in [0, 0.1) is 5.92 Å². The summed E-state index contributed by atoms with van der Waals surface area (Å²) in [7, 11) is 0. The van der Waals surface area contributed by atoms with Gasteiger partial charge >= 0.3 is 12.1 Å². The van der Waals surface area contributed by atoms with E-state index in [1.807, 2.05) is 80.3 Å². The van der Waals surface area contributed by atoms with Gasteiger partial charge in [-0.2, -0.15) is 0 Å². The number of benzene rings is 2. The van der Waals surface area contributed by atoms with Crippen molar-refractivity contribution in [3.8, 4) is 0 Å². The van der Waals surface area contributed by atoms with Gasteiger partial charge in [0.2, 0.25) is 5.91 Å². The van der Waals surface area contributed by atoms with Crippen LogP contribution < -0.4 is 4.90 Å². The number of likely N-dealkylation sites (tertiary alicyclic amines) is 1. The van der Waals surface area contributed by atoms with Crippen LogP contribution in [0.3, 0.4) is 0 Å². The number of anilines is 1. The first kappa shape index (κ1) is 24.8. The van der Waals surface area contributed by atoms with Crippen LogP contribution in [-0.2, 0) is 32.1 Å². The quantitative estimate of drug-likeness (QED) is 0.562. The molecule has 7 heteroatoms. The third-order valence-electron chi connectivity index (χ3n) is 6.36. The molecule has 2 fully saturated rings. The second kappa shape index (κ2) is 10.5. The number of rotatable bonds is 6. The molecule has 0 unspecified atom stereocenters. The van der Waals surface area contributed by atoms with Crippen molar-refractivity contribution < 1.29 is 23.9 Å². The van der Waals surface area contributed by atoms with Crippen molar-refractivity contribution in [2.45, 2.75) is 64.7 Å². The Morgan fingerprint density at radius 2 is 1.71 bits per heavy atom. The molecule has 2 heterocycles. The fourth-order valence-corrected chi connectivity index (χ4v) is 4.71. The zero-order valence-corrected chi connectivity index (χ0v) is 20.7. The maximum atomic E-state index is 13.0. The normalized spacial score (nSPS) is 20.3. The van der Waals surface area contributed by atoms with E-state index in [1.54, 1.807) is 0 Å². The molecule has 2 atom stereocenters. The van der Waals surface area contributed by atoms with E-state index in [-0.39, 0.29) is 18.4 Å². The Hall–Kier alpha value is -3.35. The van der Waals surface area contributed by atoms with Crippen molar-refractivity contribution in [2.24, 2.45) is 5.92 Å². The van der Waals surface area contributed by atoms with Crippen LogP contribution in [0.5, 0.6) is 0 Å².